The van der Waals surface area contributed by atoms with E-state index in [-0.39, 0.29) is 34.4 Å². The number of hydrogen-bond acceptors (Lipinski definition) is 12. The normalized spacial score (nSPS) is 27.5. The van der Waals surface area contributed by atoms with E-state index in [0.29, 0.717) is 24.1 Å². The van der Waals surface area contributed by atoms with Crippen LogP contribution in [0.4, 0.5) is 5.13 Å². The lowest BCUT2D eigenvalue weighted by Gasteiger charge is -2.49. The molecule has 3 atom stereocenters. The number of nitrogens with two attached hydrogens (primary N) is 1. The first-order chi connectivity index (χ1) is 17.3. The fraction of sp³-hybridized carbons (Fsp3) is 0.450. The summed E-state index contributed by atoms with van der Waals surface area (Å²) in [7, 11) is 0. The van der Waals surface area contributed by atoms with Crippen LogP contribution in [0.25, 0.3) is 0 Å². The van der Waals surface area contributed by atoms with Crippen LogP contribution < -0.4 is 16.4 Å². The van der Waals surface area contributed by atoms with Crippen LogP contribution in [-0.2, 0) is 19.2 Å². The zero-order valence-corrected chi connectivity index (χ0v) is 20.3. The number of anilines is 1. The summed E-state index contributed by atoms with van der Waals surface area (Å²) in [5, 5.41) is 27.1. The van der Waals surface area contributed by atoms with E-state index < -0.39 is 34.9 Å². The molecule has 0 spiro atoms. The third-order valence-electron chi connectivity index (χ3n) is 6.44. The molecule has 3 fully saturated rings. The predicted molar refractivity (Wildman–Crippen MR) is 128 cm³/mol. The summed E-state index contributed by atoms with van der Waals surface area (Å²) in [5.74, 6) is -2.90. The topological polar surface area (TPSA) is 203 Å². The van der Waals surface area contributed by atoms with Gasteiger partial charge in [-0.1, -0.05) is 5.16 Å². The number of β-lactam (4-membered cyclic amide) rings is 1. The van der Waals surface area contributed by atoms with Gasteiger partial charge >= 0.3 is 5.97 Å². The lowest BCUT2D eigenvalue weighted by molar-refractivity contribution is -0.150. The highest BCUT2D eigenvalue weighted by atomic mass is 32.2. The number of nitrogen functional groups attached to an aromatic ring is 1. The molecule has 3 saturated heterocycles. The van der Waals surface area contributed by atoms with Crippen LogP contribution in [-0.4, -0.2) is 102 Å². The lowest BCUT2D eigenvalue weighted by Crippen LogP contribution is -2.71. The van der Waals surface area contributed by atoms with Gasteiger partial charge in [0, 0.05) is 42.0 Å². The van der Waals surface area contributed by atoms with Gasteiger partial charge in [-0.15, -0.1) is 11.8 Å². The molecule has 5 heterocycles. The summed E-state index contributed by atoms with van der Waals surface area (Å²) >= 11 is 2.07. The van der Waals surface area contributed by atoms with Gasteiger partial charge in [-0.3, -0.25) is 19.3 Å². The number of nitrogens with zero attached hydrogens (tertiary/aromatic N) is 5. The molecule has 16 heteroatoms. The van der Waals surface area contributed by atoms with Crippen LogP contribution in [0.5, 0.6) is 0 Å². The van der Waals surface area contributed by atoms with Gasteiger partial charge < -0.3 is 31.6 Å². The van der Waals surface area contributed by atoms with Gasteiger partial charge in [0.05, 0.1) is 0 Å². The van der Waals surface area contributed by atoms with E-state index >= 15 is 0 Å². The molecule has 5 rings (SSSR count). The molecule has 4 aliphatic heterocycles. The van der Waals surface area contributed by atoms with Crippen molar-refractivity contribution in [1.29, 1.82) is 0 Å². The number of likely N-dealkylation sites (tertiary alicyclic amines) is 1. The molecule has 1 aromatic rings. The molecule has 14 nitrogen and oxygen atoms in total. The van der Waals surface area contributed by atoms with E-state index in [9.17, 15) is 29.5 Å². The second-order valence-electron chi connectivity index (χ2n) is 8.51. The lowest BCUT2D eigenvalue weighted by atomic mass is 10.0. The number of fused-ring (bicyclic) bond motifs is 1. The number of thioether (sulfide) groups is 1. The zero-order valence-electron chi connectivity index (χ0n) is 18.7. The Hall–Kier alpha value is -3.50. The molecule has 0 radical (unpaired) electrons. The standard InChI is InChI=1S/C20H22N8O6S2/c21-20-24-14(26-36-20)11(25-34)15(29)23-12-17(31)28-13(19(32)33)9(7-35-18(12)28)5-8-2-4-27(16(8)30)10-1-3-22-6-10/h5,10,12,18,22,34H,1-4,6-7H2,(H,23,29)(H,32,33)(H2,21,24,26)/t10-,12-,18-/m0/s1. The van der Waals surface area contributed by atoms with Crippen molar-refractivity contribution in [3.05, 3.63) is 28.7 Å². The highest BCUT2D eigenvalue weighted by Crippen LogP contribution is 2.41. The Balaban J connectivity index is 1.33. The molecule has 190 valence electrons. The van der Waals surface area contributed by atoms with Crippen molar-refractivity contribution in [2.24, 2.45) is 5.16 Å². The number of allylic oxidation sites excluding steroid dienone is 1. The van der Waals surface area contributed by atoms with Crippen molar-refractivity contribution in [1.82, 2.24) is 29.8 Å². The van der Waals surface area contributed by atoms with Gasteiger partial charge in [-0.05, 0) is 31.0 Å². The van der Waals surface area contributed by atoms with Gasteiger partial charge in [-0.2, -0.15) is 9.36 Å². The Morgan fingerprint density at radius 2 is 2.14 bits per heavy atom. The van der Waals surface area contributed by atoms with Gasteiger partial charge in [0.2, 0.25) is 17.4 Å². The first-order valence-corrected chi connectivity index (χ1v) is 12.9. The molecule has 0 unspecified atom stereocenters. The van der Waals surface area contributed by atoms with Gasteiger partial charge in [-0.25, -0.2) is 4.79 Å². The Morgan fingerprint density at radius 3 is 2.78 bits per heavy atom. The number of carbonyl (C=O) groups is 4. The number of aromatic nitrogens is 2. The van der Waals surface area contributed by atoms with E-state index in [1.54, 1.807) is 6.08 Å². The second-order valence-corrected chi connectivity index (χ2v) is 10.4. The van der Waals surface area contributed by atoms with E-state index in [4.69, 9.17) is 5.73 Å². The van der Waals surface area contributed by atoms with E-state index in [1.165, 1.54) is 11.8 Å². The number of hydrogen-bond donors (Lipinski definition) is 5. The van der Waals surface area contributed by atoms with Crippen molar-refractivity contribution in [3.8, 4) is 0 Å². The van der Waals surface area contributed by atoms with Crippen LogP contribution in [0.15, 0.2) is 28.1 Å². The molecule has 0 aromatic carbocycles. The number of aliphatic carboxylic acids is 1. The van der Waals surface area contributed by atoms with Crippen molar-refractivity contribution in [2.75, 3.05) is 31.1 Å². The molecule has 0 aliphatic carbocycles. The van der Waals surface area contributed by atoms with Gasteiger partial charge in [0.25, 0.3) is 11.8 Å². The Bertz CT molecular complexity index is 1240. The predicted octanol–water partition coefficient (Wildman–Crippen LogP) is -1.44. The first-order valence-electron chi connectivity index (χ1n) is 11.1. The van der Waals surface area contributed by atoms with Crippen LogP contribution in [0.2, 0.25) is 0 Å². The quantitative estimate of drug-likeness (QED) is 0.0939. The van der Waals surface area contributed by atoms with Crippen LogP contribution >= 0.6 is 23.3 Å². The van der Waals surface area contributed by atoms with Crippen LogP contribution in [0.1, 0.15) is 18.7 Å². The largest absolute Gasteiger partial charge is 0.477 e. The zero-order chi connectivity index (χ0) is 25.6. The fourth-order valence-corrected chi connectivity index (χ4v) is 6.46. The van der Waals surface area contributed by atoms with Crippen LogP contribution in [0.3, 0.4) is 0 Å². The SMILES string of the molecule is Nc1nc(C(=NO)C(=O)N[C@H]2C(=O)N3C(C(=O)O)=C(C=C4CCN([C@H]5CCNC5)C4=O)CS[C@@H]23)ns1. The summed E-state index contributed by atoms with van der Waals surface area (Å²) in [6.45, 7) is 2.17. The number of nitrogens with one attached hydrogen (secondary N) is 2. The monoisotopic (exact) mass is 534 g/mol. The summed E-state index contributed by atoms with van der Waals surface area (Å²) in [6, 6.07) is -0.914. The number of rotatable bonds is 6. The third-order valence-corrected chi connectivity index (χ3v) is 8.28. The minimum Gasteiger partial charge on any atom is -0.477 e. The molecule has 3 amide bonds. The minimum atomic E-state index is -1.30. The molecule has 4 aliphatic rings. The van der Waals surface area contributed by atoms with Gasteiger partial charge in [0.1, 0.15) is 17.1 Å². The van der Waals surface area contributed by atoms with Gasteiger partial charge in [0.15, 0.2) is 5.13 Å². The average Bonchev–Trinajstić information content (AvgIpc) is 3.60. The Kier molecular flexibility index (Phi) is 6.40. The van der Waals surface area contributed by atoms with Crippen molar-refractivity contribution in [2.45, 2.75) is 30.3 Å². The second kappa shape index (κ2) is 9.51. The number of oxime groups is 1. The summed E-state index contributed by atoms with van der Waals surface area (Å²) in [4.78, 5) is 57.3. The highest BCUT2D eigenvalue weighted by Gasteiger charge is 2.54. The van der Waals surface area contributed by atoms with E-state index in [1.807, 2.05) is 4.90 Å². The smallest absolute Gasteiger partial charge is 0.352 e. The third kappa shape index (κ3) is 4.10. The average molecular weight is 535 g/mol. The summed E-state index contributed by atoms with van der Waals surface area (Å²) in [6.07, 6.45) is 2.97. The van der Waals surface area contributed by atoms with E-state index in [2.05, 4.69) is 25.1 Å². The number of amides is 3. The molecule has 0 saturated carbocycles. The molecular weight excluding hydrogens is 512 g/mol. The molecule has 6 N–H and O–H groups in total. The maximum atomic E-state index is 12.9. The Morgan fingerprint density at radius 1 is 1.33 bits per heavy atom. The minimum absolute atomic E-state index is 0.0642. The van der Waals surface area contributed by atoms with Crippen LogP contribution in [0, 0.1) is 0 Å². The van der Waals surface area contributed by atoms with Crippen molar-refractivity contribution >= 4 is 57.8 Å². The van der Waals surface area contributed by atoms with E-state index in [0.717, 1.165) is 35.9 Å². The van der Waals surface area contributed by atoms with Crippen molar-refractivity contribution < 1.29 is 29.5 Å². The number of carboxylic acid groups (broad SMARTS) is 1. The highest BCUT2D eigenvalue weighted by molar-refractivity contribution is 8.00. The number of carbonyl (C=O) groups excluding carboxylic acids is 3. The Labute approximate surface area is 212 Å². The molecule has 1 aromatic heterocycles. The molecular formula is C20H22N8O6S2. The summed E-state index contributed by atoms with van der Waals surface area (Å²) < 4.78 is 3.82. The van der Waals surface area contributed by atoms with Crippen molar-refractivity contribution in [3.63, 3.8) is 0 Å². The first kappa shape index (κ1) is 24.2. The molecule has 0 bridgehead atoms. The maximum Gasteiger partial charge on any atom is 0.352 e. The maximum absolute atomic E-state index is 12.9. The summed E-state index contributed by atoms with van der Waals surface area (Å²) in [5.41, 5.74) is 5.67. The fourth-order valence-electron chi connectivity index (χ4n) is 4.72. The molecule has 36 heavy (non-hydrogen) atoms. The number of carboxylic acids is 1.